The van der Waals surface area contributed by atoms with Gasteiger partial charge in [-0.05, 0) is 12.5 Å². The van der Waals surface area contributed by atoms with Crippen LogP contribution in [0.25, 0.3) is 0 Å². The topological polar surface area (TPSA) is 38.7 Å². The van der Waals surface area contributed by atoms with Crippen LogP contribution in [0, 0.1) is 0 Å². The van der Waals surface area contributed by atoms with Gasteiger partial charge in [-0.25, -0.2) is 0 Å². The van der Waals surface area contributed by atoms with Gasteiger partial charge >= 0.3 is 0 Å². The molecule has 1 N–H and O–H groups in total. The summed E-state index contributed by atoms with van der Waals surface area (Å²) in [6.07, 6.45) is 0.961. The second-order valence-corrected chi connectivity index (χ2v) is 3.81. The number of methoxy groups -OCH3 is 1. The molecule has 1 unspecified atom stereocenters. The lowest BCUT2D eigenvalue weighted by Crippen LogP contribution is -2.04. The fourth-order valence-corrected chi connectivity index (χ4v) is 1.56. The zero-order valence-corrected chi connectivity index (χ0v) is 10.2. The van der Waals surface area contributed by atoms with Crippen molar-refractivity contribution < 1.29 is 14.6 Å². The first-order chi connectivity index (χ1) is 7.74. The molecule has 0 bridgehead atoms. The standard InChI is InChI=1S/C13H20O3/c1-4-8-16-12-7-5-6-11(10(2)9-14)13(12)15-3/h5-7,10,14H,4,8-9H2,1-3H3. The predicted octanol–water partition coefficient (Wildman–Crippen LogP) is 2.58. The molecule has 0 aliphatic carbocycles. The summed E-state index contributed by atoms with van der Waals surface area (Å²) in [5.74, 6) is 1.54. The van der Waals surface area contributed by atoms with Gasteiger partial charge in [-0.2, -0.15) is 0 Å². The van der Waals surface area contributed by atoms with E-state index in [1.54, 1.807) is 7.11 Å². The number of hydrogen-bond acceptors (Lipinski definition) is 3. The van der Waals surface area contributed by atoms with Crippen molar-refractivity contribution in [2.24, 2.45) is 0 Å². The summed E-state index contributed by atoms with van der Waals surface area (Å²) in [6, 6.07) is 5.77. The Hall–Kier alpha value is -1.22. The molecule has 0 heterocycles. The molecule has 1 rings (SSSR count). The molecule has 0 fully saturated rings. The molecule has 90 valence electrons. The Morgan fingerprint density at radius 2 is 2.12 bits per heavy atom. The maximum Gasteiger partial charge on any atom is 0.164 e. The van der Waals surface area contributed by atoms with Crippen molar-refractivity contribution >= 4 is 0 Å². The fourth-order valence-electron chi connectivity index (χ4n) is 1.56. The molecule has 3 heteroatoms. The van der Waals surface area contributed by atoms with E-state index < -0.39 is 0 Å². The molecule has 1 atom stereocenters. The molecule has 1 aromatic carbocycles. The van der Waals surface area contributed by atoms with Crippen LogP contribution < -0.4 is 9.47 Å². The summed E-state index contributed by atoms with van der Waals surface area (Å²) >= 11 is 0. The van der Waals surface area contributed by atoms with E-state index >= 15 is 0 Å². The number of aliphatic hydroxyl groups excluding tert-OH is 1. The number of hydrogen-bond donors (Lipinski definition) is 1. The lowest BCUT2D eigenvalue weighted by Gasteiger charge is -2.17. The smallest absolute Gasteiger partial charge is 0.164 e. The van der Waals surface area contributed by atoms with Crippen LogP contribution in [-0.4, -0.2) is 25.4 Å². The summed E-state index contributed by atoms with van der Waals surface area (Å²) in [4.78, 5) is 0. The van der Waals surface area contributed by atoms with E-state index in [9.17, 15) is 5.11 Å². The van der Waals surface area contributed by atoms with Gasteiger partial charge in [-0.3, -0.25) is 0 Å². The zero-order chi connectivity index (χ0) is 12.0. The highest BCUT2D eigenvalue weighted by molar-refractivity contribution is 5.48. The number of rotatable bonds is 6. The average molecular weight is 224 g/mol. The number of para-hydroxylation sites is 1. The Morgan fingerprint density at radius 1 is 1.38 bits per heavy atom. The average Bonchev–Trinajstić information content (AvgIpc) is 2.34. The summed E-state index contributed by atoms with van der Waals surface area (Å²) in [5.41, 5.74) is 0.985. The van der Waals surface area contributed by atoms with Gasteiger partial charge < -0.3 is 14.6 Å². The SMILES string of the molecule is CCCOc1cccc(C(C)CO)c1OC. The molecule has 3 nitrogen and oxygen atoms in total. The monoisotopic (exact) mass is 224 g/mol. The minimum absolute atomic E-state index is 0.0557. The predicted molar refractivity (Wildman–Crippen MR) is 64.3 cm³/mol. The molecule has 16 heavy (non-hydrogen) atoms. The van der Waals surface area contributed by atoms with Crippen molar-refractivity contribution in [2.75, 3.05) is 20.3 Å². The molecule has 0 amide bonds. The third-order valence-electron chi connectivity index (χ3n) is 2.48. The lowest BCUT2D eigenvalue weighted by atomic mass is 10.0. The largest absolute Gasteiger partial charge is 0.493 e. The van der Waals surface area contributed by atoms with Crippen LogP contribution in [-0.2, 0) is 0 Å². The van der Waals surface area contributed by atoms with Crippen LogP contribution in [0.15, 0.2) is 18.2 Å². The number of ether oxygens (including phenoxy) is 2. The normalized spacial score (nSPS) is 12.2. The maximum atomic E-state index is 9.18. The van der Waals surface area contributed by atoms with Crippen molar-refractivity contribution in [2.45, 2.75) is 26.2 Å². The Labute approximate surface area is 97.0 Å². The number of benzene rings is 1. The quantitative estimate of drug-likeness (QED) is 0.807. The Bertz CT molecular complexity index is 323. The summed E-state index contributed by atoms with van der Waals surface area (Å²) in [7, 11) is 1.63. The Kier molecular flexibility index (Phi) is 5.12. The van der Waals surface area contributed by atoms with Crippen LogP contribution in [0.2, 0.25) is 0 Å². The maximum absolute atomic E-state index is 9.18. The first-order valence-corrected chi connectivity index (χ1v) is 5.65. The number of aliphatic hydroxyl groups is 1. The first kappa shape index (κ1) is 12.8. The molecular weight excluding hydrogens is 204 g/mol. The van der Waals surface area contributed by atoms with Crippen LogP contribution in [0.3, 0.4) is 0 Å². The van der Waals surface area contributed by atoms with Gasteiger partial charge in [0.15, 0.2) is 11.5 Å². The van der Waals surface area contributed by atoms with E-state index in [0.717, 1.165) is 23.5 Å². The summed E-state index contributed by atoms with van der Waals surface area (Å²) in [6.45, 7) is 4.80. The van der Waals surface area contributed by atoms with E-state index in [-0.39, 0.29) is 12.5 Å². The third-order valence-corrected chi connectivity index (χ3v) is 2.48. The van der Waals surface area contributed by atoms with Gasteiger partial charge in [0.25, 0.3) is 0 Å². The molecule has 0 spiro atoms. The van der Waals surface area contributed by atoms with Gasteiger partial charge in [0, 0.05) is 18.1 Å². The Morgan fingerprint density at radius 3 is 2.69 bits per heavy atom. The molecular formula is C13H20O3. The highest BCUT2D eigenvalue weighted by Gasteiger charge is 2.14. The van der Waals surface area contributed by atoms with Gasteiger partial charge in [0.1, 0.15) is 0 Å². The molecule has 0 saturated heterocycles. The molecule has 0 aromatic heterocycles. The molecule has 0 aliphatic heterocycles. The second-order valence-electron chi connectivity index (χ2n) is 3.81. The van der Waals surface area contributed by atoms with Gasteiger partial charge in [-0.15, -0.1) is 0 Å². The van der Waals surface area contributed by atoms with Crippen molar-refractivity contribution in [3.05, 3.63) is 23.8 Å². The minimum atomic E-state index is 0.0557. The minimum Gasteiger partial charge on any atom is -0.493 e. The van der Waals surface area contributed by atoms with Crippen molar-refractivity contribution in [3.63, 3.8) is 0 Å². The van der Waals surface area contributed by atoms with Crippen LogP contribution in [0.1, 0.15) is 31.7 Å². The molecule has 0 radical (unpaired) electrons. The van der Waals surface area contributed by atoms with E-state index in [4.69, 9.17) is 9.47 Å². The van der Waals surface area contributed by atoms with E-state index in [2.05, 4.69) is 6.92 Å². The van der Waals surface area contributed by atoms with Gasteiger partial charge in [-0.1, -0.05) is 26.0 Å². The first-order valence-electron chi connectivity index (χ1n) is 5.65. The van der Waals surface area contributed by atoms with Crippen molar-refractivity contribution in [3.8, 4) is 11.5 Å². The summed E-state index contributed by atoms with van der Waals surface area (Å²) < 4.78 is 11.0. The van der Waals surface area contributed by atoms with Gasteiger partial charge in [0.2, 0.25) is 0 Å². The highest BCUT2D eigenvalue weighted by Crippen LogP contribution is 2.35. The fraction of sp³-hybridized carbons (Fsp3) is 0.538. The highest BCUT2D eigenvalue weighted by atomic mass is 16.5. The summed E-state index contributed by atoms with van der Waals surface area (Å²) in [5, 5.41) is 9.18. The van der Waals surface area contributed by atoms with Crippen LogP contribution in [0.4, 0.5) is 0 Å². The van der Waals surface area contributed by atoms with Gasteiger partial charge in [0.05, 0.1) is 13.7 Å². The van der Waals surface area contributed by atoms with Crippen LogP contribution in [0.5, 0.6) is 11.5 Å². The van der Waals surface area contributed by atoms with E-state index in [1.807, 2.05) is 25.1 Å². The third kappa shape index (κ3) is 2.89. The van der Waals surface area contributed by atoms with E-state index in [1.165, 1.54) is 0 Å². The van der Waals surface area contributed by atoms with E-state index in [0.29, 0.717) is 6.61 Å². The molecule has 0 saturated carbocycles. The zero-order valence-electron chi connectivity index (χ0n) is 10.2. The molecule has 1 aromatic rings. The lowest BCUT2D eigenvalue weighted by molar-refractivity contribution is 0.264. The van der Waals surface area contributed by atoms with Crippen molar-refractivity contribution in [1.82, 2.24) is 0 Å². The van der Waals surface area contributed by atoms with Crippen molar-refractivity contribution in [1.29, 1.82) is 0 Å². The second kappa shape index (κ2) is 6.38. The van der Waals surface area contributed by atoms with Crippen LogP contribution >= 0.6 is 0 Å². The molecule has 0 aliphatic rings. The Balaban J connectivity index is 3.00.